The van der Waals surface area contributed by atoms with Gasteiger partial charge in [-0.25, -0.2) is 14.3 Å². The number of hydrogen-bond acceptors (Lipinski definition) is 8. The van der Waals surface area contributed by atoms with E-state index in [0.717, 1.165) is 66.5 Å². The Kier molecular flexibility index (Phi) is 8.72. The van der Waals surface area contributed by atoms with E-state index in [1.165, 1.54) is 41.4 Å². The first-order valence-corrected chi connectivity index (χ1v) is 14.9. The van der Waals surface area contributed by atoms with Gasteiger partial charge in [0.05, 0.1) is 13.2 Å². The molecular weight excluding hydrogens is 526 g/mol. The van der Waals surface area contributed by atoms with E-state index in [0.29, 0.717) is 12.2 Å². The Balaban J connectivity index is 1.19. The van der Waals surface area contributed by atoms with Crippen LogP contribution in [0.4, 0.5) is 0 Å². The number of carbonyl (C=O) groups excluding carboxylic acids is 1. The number of nitrogens with zero attached hydrogens (tertiary/aromatic N) is 2. The Morgan fingerprint density at radius 2 is 1.89 bits per heavy atom. The van der Waals surface area contributed by atoms with Crippen molar-refractivity contribution in [3.63, 3.8) is 0 Å². The van der Waals surface area contributed by atoms with Crippen molar-refractivity contribution >= 4 is 33.3 Å². The van der Waals surface area contributed by atoms with Gasteiger partial charge in [0.2, 0.25) is 0 Å². The van der Waals surface area contributed by atoms with E-state index in [1.807, 2.05) is 18.2 Å². The summed E-state index contributed by atoms with van der Waals surface area (Å²) in [6.45, 7) is 4.90. The van der Waals surface area contributed by atoms with Crippen molar-refractivity contribution in [1.82, 2.24) is 14.4 Å². The van der Waals surface area contributed by atoms with Crippen LogP contribution in [-0.4, -0.2) is 62.4 Å². The summed E-state index contributed by atoms with van der Waals surface area (Å²) in [6.07, 6.45) is 8.05. The zero-order valence-electron chi connectivity index (χ0n) is 21.0. The summed E-state index contributed by atoms with van der Waals surface area (Å²) in [7, 11) is -3.75. The van der Waals surface area contributed by atoms with E-state index in [9.17, 15) is 13.2 Å². The van der Waals surface area contributed by atoms with Crippen molar-refractivity contribution < 1.29 is 27.5 Å². The summed E-state index contributed by atoms with van der Waals surface area (Å²) < 4.78 is 38.6. The lowest BCUT2D eigenvalue weighted by molar-refractivity contribution is -0.198. The highest BCUT2D eigenvalue weighted by atomic mass is 32.2. The molecule has 5 rings (SSSR count). The third kappa shape index (κ3) is 6.79. The number of ether oxygens (including phenoxy) is 2. The maximum absolute atomic E-state index is 13.2. The summed E-state index contributed by atoms with van der Waals surface area (Å²) in [5.41, 5.74) is 5.12. The van der Waals surface area contributed by atoms with Crippen LogP contribution in [0.5, 0.6) is 0 Å². The smallest absolute Gasteiger partial charge is 0.277 e. The Morgan fingerprint density at radius 3 is 2.66 bits per heavy atom. The molecule has 0 radical (unpaired) electrons. The molecule has 2 aliphatic heterocycles. The largest absolute Gasteiger partial charge is 0.379 e. The van der Waals surface area contributed by atoms with Gasteiger partial charge in [-0.3, -0.25) is 9.69 Å². The van der Waals surface area contributed by atoms with Crippen molar-refractivity contribution in [3.8, 4) is 10.4 Å². The molecule has 3 aromatic rings. The minimum absolute atomic E-state index is 0.245. The molecule has 2 aromatic heterocycles. The van der Waals surface area contributed by atoms with Gasteiger partial charge in [0.15, 0.2) is 6.29 Å². The third-order valence-electron chi connectivity index (χ3n) is 6.41. The first-order valence-electron chi connectivity index (χ1n) is 12.7. The molecule has 0 spiro atoms. The standard InChI is InChI=1S/C27H31N3O6S2/c31-25(28-36-26-3-1-2-16-35-26)10-6-22-12-13-30(20-22)38(32,33)27-11-9-24(37-27)23-7-4-21(5-8-23)19-29-14-17-34-18-15-29/h4-13,20,26H,1-3,14-19H2,(H,28,31)/b10-6+. The highest BCUT2D eigenvalue weighted by Crippen LogP contribution is 2.32. The number of hydrogen-bond donors (Lipinski definition) is 1. The lowest BCUT2D eigenvalue weighted by Crippen LogP contribution is -2.35. The van der Waals surface area contributed by atoms with Gasteiger partial charge in [0.1, 0.15) is 4.21 Å². The molecule has 1 amide bonds. The first kappa shape index (κ1) is 26.8. The normalized spacial score (nSPS) is 19.1. The fourth-order valence-corrected chi connectivity index (χ4v) is 6.91. The van der Waals surface area contributed by atoms with Gasteiger partial charge in [-0.15, -0.1) is 11.3 Å². The molecule has 11 heteroatoms. The van der Waals surface area contributed by atoms with Crippen molar-refractivity contribution in [2.75, 3.05) is 32.9 Å². The molecule has 1 unspecified atom stereocenters. The maximum atomic E-state index is 13.2. The van der Waals surface area contributed by atoms with Crippen molar-refractivity contribution in [2.24, 2.45) is 0 Å². The average Bonchev–Trinajstić information content (AvgIpc) is 3.64. The molecule has 38 heavy (non-hydrogen) atoms. The van der Waals surface area contributed by atoms with Crippen molar-refractivity contribution in [1.29, 1.82) is 0 Å². The third-order valence-corrected chi connectivity index (χ3v) is 9.65. The minimum Gasteiger partial charge on any atom is -0.379 e. The van der Waals surface area contributed by atoms with Crippen LogP contribution < -0.4 is 5.48 Å². The summed E-state index contributed by atoms with van der Waals surface area (Å²) in [6, 6.07) is 13.3. The Hall–Kier alpha value is -2.80. The number of rotatable bonds is 9. The molecule has 1 aromatic carbocycles. The fraction of sp³-hybridized carbons (Fsp3) is 0.370. The number of carbonyl (C=O) groups is 1. The van der Waals surface area contributed by atoms with E-state index >= 15 is 0 Å². The number of thiophene rings is 1. The molecule has 1 N–H and O–H groups in total. The minimum atomic E-state index is -3.75. The van der Waals surface area contributed by atoms with Crippen LogP contribution in [0.15, 0.2) is 65.1 Å². The van der Waals surface area contributed by atoms with Crippen LogP contribution in [0.1, 0.15) is 30.4 Å². The monoisotopic (exact) mass is 557 g/mol. The van der Waals surface area contributed by atoms with E-state index < -0.39 is 22.2 Å². The molecule has 2 saturated heterocycles. The number of nitrogens with one attached hydrogen (secondary N) is 1. The molecule has 0 saturated carbocycles. The van der Waals surface area contributed by atoms with Gasteiger partial charge in [-0.2, -0.15) is 8.42 Å². The molecular formula is C27H31N3O6S2. The second-order valence-corrected chi connectivity index (χ2v) is 12.4. The zero-order chi connectivity index (χ0) is 26.4. The van der Waals surface area contributed by atoms with Gasteiger partial charge < -0.3 is 9.47 Å². The molecule has 1 atom stereocenters. The Labute approximate surface area is 226 Å². The molecule has 2 fully saturated rings. The quantitative estimate of drug-likeness (QED) is 0.315. The van der Waals surface area contributed by atoms with Crippen LogP contribution >= 0.6 is 11.3 Å². The lowest BCUT2D eigenvalue weighted by Gasteiger charge is -2.26. The molecule has 9 nitrogen and oxygen atoms in total. The number of benzene rings is 1. The maximum Gasteiger partial charge on any atom is 0.277 e. The average molecular weight is 558 g/mol. The number of morpholine rings is 1. The van der Waals surface area contributed by atoms with E-state index in [-0.39, 0.29) is 4.21 Å². The molecule has 0 bridgehead atoms. The second kappa shape index (κ2) is 12.4. The van der Waals surface area contributed by atoms with Crippen LogP contribution in [0.3, 0.4) is 0 Å². The summed E-state index contributed by atoms with van der Waals surface area (Å²) in [5, 5.41) is 0. The molecule has 4 heterocycles. The lowest BCUT2D eigenvalue weighted by atomic mass is 10.1. The first-order chi connectivity index (χ1) is 18.5. The zero-order valence-corrected chi connectivity index (χ0v) is 22.6. The van der Waals surface area contributed by atoms with Crippen LogP contribution in [0.2, 0.25) is 0 Å². The van der Waals surface area contributed by atoms with Crippen LogP contribution in [-0.2, 0) is 35.7 Å². The summed E-state index contributed by atoms with van der Waals surface area (Å²) >= 11 is 1.23. The summed E-state index contributed by atoms with van der Waals surface area (Å²) in [4.78, 5) is 20.5. The molecule has 202 valence electrons. The fourth-order valence-electron chi connectivity index (χ4n) is 4.28. The molecule has 2 aliphatic rings. The van der Waals surface area contributed by atoms with Crippen molar-refractivity contribution in [2.45, 2.75) is 36.3 Å². The molecule has 0 aliphatic carbocycles. The van der Waals surface area contributed by atoms with Gasteiger partial charge >= 0.3 is 0 Å². The van der Waals surface area contributed by atoms with E-state index in [2.05, 4.69) is 22.5 Å². The number of aromatic nitrogens is 1. The number of hydroxylamine groups is 1. The van der Waals surface area contributed by atoms with Crippen molar-refractivity contribution in [3.05, 3.63) is 72.1 Å². The topological polar surface area (TPSA) is 99.1 Å². The number of amides is 1. The predicted octanol–water partition coefficient (Wildman–Crippen LogP) is 3.87. The van der Waals surface area contributed by atoms with E-state index in [1.54, 1.807) is 12.1 Å². The Bertz CT molecular complexity index is 1350. The van der Waals surface area contributed by atoms with Gasteiger partial charge in [-0.05, 0) is 53.8 Å². The van der Waals surface area contributed by atoms with Crippen LogP contribution in [0.25, 0.3) is 16.5 Å². The van der Waals surface area contributed by atoms with Gasteiger partial charge in [-0.1, -0.05) is 24.3 Å². The van der Waals surface area contributed by atoms with Crippen LogP contribution in [0, 0.1) is 0 Å². The highest BCUT2D eigenvalue weighted by molar-refractivity contribution is 7.92. The van der Waals surface area contributed by atoms with Gasteiger partial charge in [0.25, 0.3) is 15.9 Å². The van der Waals surface area contributed by atoms with E-state index in [4.69, 9.17) is 14.3 Å². The van der Waals surface area contributed by atoms with Gasteiger partial charge in [0, 0.05) is 56.0 Å². The highest BCUT2D eigenvalue weighted by Gasteiger charge is 2.20. The predicted molar refractivity (Wildman–Crippen MR) is 145 cm³/mol. The Morgan fingerprint density at radius 1 is 1.08 bits per heavy atom. The second-order valence-electron chi connectivity index (χ2n) is 9.20. The SMILES string of the molecule is O=C(/C=C/c1ccn(S(=O)(=O)c2ccc(-c3ccc(CN4CCOCC4)cc3)s2)c1)NOC1CCCCO1. The summed E-state index contributed by atoms with van der Waals surface area (Å²) in [5.74, 6) is -0.450.